The zero-order valence-electron chi connectivity index (χ0n) is 12.2. The Morgan fingerprint density at radius 3 is 2.68 bits per heavy atom. The van der Waals surface area contributed by atoms with Gasteiger partial charge in [0, 0.05) is 18.7 Å². The fourth-order valence-electron chi connectivity index (χ4n) is 2.56. The van der Waals surface area contributed by atoms with E-state index in [9.17, 15) is 14.7 Å². The Kier molecular flexibility index (Phi) is 3.44. The van der Waals surface area contributed by atoms with Gasteiger partial charge in [-0.25, -0.2) is 4.98 Å². The lowest BCUT2D eigenvalue weighted by Crippen LogP contribution is -2.35. The number of benzene rings is 1. The third-order valence-corrected chi connectivity index (χ3v) is 4.02. The normalized spacial score (nSPS) is 21.0. The van der Waals surface area contributed by atoms with Crippen LogP contribution in [0.1, 0.15) is 23.8 Å². The summed E-state index contributed by atoms with van der Waals surface area (Å²) in [5, 5.41) is 9.22. The van der Waals surface area contributed by atoms with Crippen molar-refractivity contribution in [1.29, 1.82) is 0 Å². The number of carboxylic acid groups (broad SMARTS) is 1. The Hall–Kier alpha value is -2.63. The van der Waals surface area contributed by atoms with E-state index >= 15 is 0 Å². The van der Waals surface area contributed by atoms with E-state index in [4.69, 9.17) is 4.42 Å². The first-order valence-electron chi connectivity index (χ1n) is 7.03. The number of carbonyl (C=O) groups is 2. The number of oxazole rings is 1. The maximum Gasteiger partial charge on any atom is 0.311 e. The van der Waals surface area contributed by atoms with Crippen molar-refractivity contribution in [2.24, 2.45) is 5.41 Å². The highest BCUT2D eigenvalue weighted by atomic mass is 16.4. The number of aliphatic carboxylic acids is 1. The number of hydrogen-bond donors (Lipinski definition) is 1. The molecular formula is C16H16N2O4. The molecule has 114 valence electrons. The van der Waals surface area contributed by atoms with Crippen LogP contribution in [0, 0.1) is 5.41 Å². The van der Waals surface area contributed by atoms with E-state index in [1.54, 1.807) is 6.92 Å². The second kappa shape index (κ2) is 5.29. The van der Waals surface area contributed by atoms with Crippen molar-refractivity contribution in [3.8, 4) is 11.5 Å². The topological polar surface area (TPSA) is 83.6 Å². The van der Waals surface area contributed by atoms with Crippen LogP contribution in [0.25, 0.3) is 11.5 Å². The van der Waals surface area contributed by atoms with Gasteiger partial charge in [0.15, 0.2) is 5.69 Å². The van der Waals surface area contributed by atoms with E-state index in [0.717, 1.165) is 5.56 Å². The summed E-state index contributed by atoms with van der Waals surface area (Å²) in [6.45, 7) is 2.25. The molecule has 0 saturated carbocycles. The van der Waals surface area contributed by atoms with Crippen LogP contribution in [0.4, 0.5) is 0 Å². The van der Waals surface area contributed by atoms with Crippen LogP contribution in [0.15, 0.2) is 41.0 Å². The SMILES string of the molecule is CC1(C(=O)O)CCN(C(=O)c2coc(-c3ccccc3)n2)C1. The summed E-state index contributed by atoms with van der Waals surface area (Å²) < 4.78 is 5.36. The number of carbonyl (C=O) groups excluding carboxylic acids is 1. The third kappa shape index (κ3) is 2.47. The third-order valence-electron chi connectivity index (χ3n) is 4.02. The number of rotatable bonds is 3. The summed E-state index contributed by atoms with van der Waals surface area (Å²) in [6, 6.07) is 9.30. The highest BCUT2D eigenvalue weighted by molar-refractivity contribution is 5.93. The monoisotopic (exact) mass is 300 g/mol. The fourth-order valence-corrected chi connectivity index (χ4v) is 2.56. The van der Waals surface area contributed by atoms with Gasteiger partial charge in [0.25, 0.3) is 5.91 Å². The molecular weight excluding hydrogens is 284 g/mol. The highest BCUT2D eigenvalue weighted by Crippen LogP contribution is 2.31. The lowest BCUT2D eigenvalue weighted by molar-refractivity contribution is -0.147. The smallest absolute Gasteiger partial charge is 0.311 e. The molecule has 22 heavy (non-hydrogen) atoms. The van der Waals surface area contributed by atoms with E-state index < -0.39 is 11.4 Å². The van der Waals surface area contributed by atoms with E-state index in [2.05, 4.69) is 4.98 Å². The number of amides is 1. The zero-order chi connectivity index (χ0) is 15.7. The van der Waals surface area contributed by atoms with Crippen molar-refractivity contribution in [3.63, 3.8) is 0 Å². The van der Waals surface area contributed by atoms with Gasteiger partial charge in [0.05, 0.1) is 5.41 Å². The Bertz CT molecular complexity index is 710. The first-order valence-corrected chi connectivity index (χ1v) is 7.03. The van der Waals surface area contributed by atoms with Gasteiger partial charge in [-0.1, -0.05) is 18.2 Å². The zero-order valence-corrected chi connectivity index (χ0v) is 12.2. The van der Waals surface area contributed by atoms with E-state index in [-0.39, 0.29) is 18.1 Å². The van der Waals surface area contributed by atoms with Crippen molar-refractivity contribution in [2.75, 3.05) is 13.1 Å². The van der Waals surface area contributed by atoms with Gasteiger partial charge in [-0.2, -0.15) is 0 Å². The Balaban J connectivity index is 1.77. The summed E-state index contributed by atoms with van der Waals surface area (Å²) in [6.07, 6.45) is 1.76. The molecule has 1 aromatic heterocycles. The highest BCUT2D eigenvalue weighted by Gasteiger charge is 2.42. The van der Waals surface area contributed by atoms with Crippen molar-refractivity contribution >= 4 is 11.9 Å². The van der Waals surface area contributed by atoms with E-state index in [1.165, 1.54) is 11.2 Å². The first kappa shape index (κ1) is 14.3. The van der Waals surface area contributed by atoms with Gasteiger partial charge in [0.2, 0.25) is 5.89 Å². The molecule has 1 amide bonds. The van der Waals surface area contributed by atoms with Crippen LogP contribution < -0.4 is 0 Å². The Labute approximate surface area is 127 Å². The quantitative estimate of drug-likeness (QED) is 0.940. The van der Waals surface area contributed by atoms with Crippen LogP contribution in [-0.2, 0) is 4.79 Å². The van der Waals surface area contributed by atoms with Crippen molar-refractivity contribution in [1.82, 2.24) is 9.88 Å². The number of nitrogens with zero attached hydrogens (tertiary/aromatic N) is 2. The maximum atomic E-state index is 12.4. The second-order valence-corrected chi connectivity index (χ2v) is 5.75. The van der Waals surface area contributed by atoms with E-state index in [0.29, 0.717) is 18.9 Å². The van der Waals surface area contributed by atoms with Crippen LogP contribution in [-0.4, -0.2) is 40.0 Å². The van der Waals surface area contributed by atoms with Gasteiger partial charge in [-0.15, -0.1) is 0 Å². The Morgan fingerprint density at radius 2 is 2.05 bits per heavy atom. The molecule has 1 aliphatic heterocycles. The van der Waals surface area contributed by atoms with Gasteiger partial charge in [-0.3, -0.25) is 9.59 Å². The maximum absolute atomic E-state index is 12.4. The lowest BCUT2D eigenvalue weighted by Gasteiger charge is -2.19. The molecule has 1 unspecified atom stereocenters. The van der Waals surface area contributed by atoms with Crippen molar-refractivity contribution in [2.45, 2.75) is 13.3 Å². The molecule has 0 radical (unpaired) electrons. The van der Waals surface area contributed by atoms with Crippen LogP contribution >= 0.6 is 0 Å². The molecule has 2 heterocycles. The molecule has 1 N–H and O–H groups in total. The molecule has 1 atom stereocenters. The van der Waals surface area contributed by atoms with Crippen LogP contribution in [0.5, 0.6) is 0 Å². The number of carboxylic acids is 1. The number of hydrogen-bond acceptors (Lipinski definition) is 4. The minimum Gasteiger partial charge on any atom is -0.481 e. The summed E-state index contributed by atoms with van der Waals surface area (Å²) in [5.41, 5.74) is 0.105. The molecule has 0 bridgehead atoms. The minimum atomic E-state index is -0.887. The molecule has 0 spiro atoms. The Morgan fingerprint density at radius 1 is 1.32 bits per heavy atom. The van der Waals surface area contributed by atoms with Crippen molar-refractivity contribution in [3.05, 3.63) is 42.3 Å². The predicted octanol–water partition coefficient (Wildman–Crippen LogP) is 2.28. The molecule has 0 aliphatic carbocycles. The summed E-state index contributed by atoms with van der Waals surface area (Å²) in [5.74, 6) is -0.798. The average Bonchev–Trinajstić information content (AvgIpc) is 3.15. The molecule has 6 nitrogen and oxygen atoms in total. The predicted molar refractivity (Wildman–Crippen MR) is 78.2 cm³/mol. The largest absolute Gasteiger partial charge is 0.481 e. The number of aromatic nitrogens is 1. The summed E-state index contributed by atoms with van der Waals surface area (Å²) in [4.78, 5) is 29.4. The van der Waals surface area contributed by atoms with Crippen LogP contribution in [0.3, 0.4) is 0 Å². The molecule has 6 heteroatoms. The molecule has 2 aromatic rings. The molecule has 1 aliphatic rings. The average molecular weight is 300 g/mol. The van der Waals surface area contributed by atoms with Gasteiger partial charge < -0.3 is 14.4 Å². The van der Waals surface area contributed by atoms with Gasteiger partial charge >= 0.3 is 5.97 Å². The molecule has 1 fully saturated rings. The molecule has 3 rings (SSSR count). The van der Waals surface area contributed by atoms with Gasteiger partial charge in [0.1, 0.15) is 6.26 Å². The molecule has 1 saturated heterocycles. The van der Waals surface area contributed by atoms with Crippen molar-refractivity contribution < 1.29 is 19.1 Å². The second-order valence-electron chi connectivity index (χ2n) is 5.75. The molecule has 1 aromatic carbocycles. The fraction of sp³-hybridized carbons (Fsp3) is 0.312. The first-order chi connectivity index (χ1) is 10.5. The van der Waals surface area contributed by atoms with Gasteiger partial charge in [-0.05, 0) is 25.5 Å². The minimum absolute atomic E-state index is 0.189. The van der Waals surface area contributed by atoms with Crippen LogP contribution in [0.2, 0.25) is 0 Å². The number of likely N-dealkylation sites (tertiary alicyclic amines) is 1. The summed E-state index contributed by atoms with van der Waals surface area (Å²) >= 11 is 0. The van der Waals surface area contributed by atoms with E-state index in [1.807, 2.05) is 30.3 Å². The summed E-state index contributed by atoms with van der Waals surface area (Å²) in [7, 11) is 0. The lowest BCUT2D eigenvalue weighted by atomic mass is 9.90. The standard InChI is InChI=1S/C16H16N2O4/c1-16(15(20)21)7-8-18(10-16)14(19)12-9-22-13(17-12)11-5-3-2-4-6-11/h2-6,9H,7-8,10H2,1H3,(H,20,21).